The second-order valence-corrected chi connectivity index (χ2v) is 7.64. The molecule has 0 radical (unpaired) electrons. The van der Waals surface area contributed by atoms with E-state index < -0.39 is 0 Å². The van der Waals surface area contributed by atoms with Crippen LogP contribution in [0.2, 0.25) is 0 Å². The number of anilines is 2. The third-order valence-electron chi connectivity index (χ3n) is 5.45. The van der Waals surface area contributed by atoms with E-state index in [1.54, 1.807) is 0 Å². The molecule has 0 spiro atoms. The van der Waals surface area contributed by atoms with Crippen LogP contribution >= 0.6 is 0 Å². The maximum Gasteiger partial charge on any atom is 0.323 e. The molecule has 2 N–H and O–H groups in total. The highest BCUT2D eigenvalue weighted by molar-refractivity contribution is 6.16. The molecule has 5 aromatic carbocycles. The topological polar surface area (TPSA) is 41.1 Å². The Morgan fingerprint density at radius 3 is 1.72 bits per heavy atom. The van der Waals surface area contributed by atoms with Gasteiger partial charge < -0.3 is 10.6 Å². The maximum absolute atomic E-state index is 12.8. The summed E-state index contributed by atoms with van der Waals surface area (Å²) in [5, 5.41) is 10.2. The quantitative estimate of drug-likeness (QED) is 0.228. The first-order chi connectivity index (χ1) is 15.8. The third-order valence-corrected chi connectivity index (χ3v) is 5.45. The van der Waals surface area contributed by atoms with Crippen LogP contribution in [0.3, 0.4) is 0 Å². The van der Waals surface area contributed by atoms with Crippen LogP contribution < -0.4 is 10.6 Å². The minimum absolute atomic E-state index is 0.265. The highest BCUT2D eigenvalue weighted by atomic mass is 16.2. The molecule has 5 rings (SSSR count). The lowest BCUT2D eigenvalue weighted by Gasteiger charge is -2.14. The van der Waals surface area contributed by atoms with Gasteiger partial charge in [0.05, 0.1) is 5.69 Å². The van der Waals surface area contributed by atoms with Gasteiger partial charge in [-0.05, 0) is 40.1 Å². The van der Waals surface area contributed by atoms with Crippen LogP contribution in [0.1, 0.15) is 11.1 Å². The Balaban J connectivity index is 1.35. The van der Waals surface area contributed by atoms with Crippen LogP contribution in [-0.2, 0) is 0 Å². The van der Waals surface area contributed by atoms with Gasteiger partial charge in [0.1, 0.15) is 0 Å². The van der Waals surface area contributed by atoms with Crippen molar-refractivity contribution in [3.05, 3.63) is 120 Å². The van der Waals surface area contributed by atoms with Gasteiger partial charge in [-0.15, -0.1) is 0 Å². The summed E-state index contributed by atoms with van der Waals surface area (Å²) in [6.45, 7) is 0. The van der Waals surface area contributed by atoms with E-state index >= 15 is 0 Å². The SMILES string of the molecule is O=C(Nc1ccc(/C=C\c2ccccc2)cc1)Nc1c2ccccc2cc2ccccc12. The van der Waals surface area contributed by atoms with Crippen molar-refractivity contribution in [3.8, 4) is 0 Å². The number of hydrogen-bond acceptors (Lipinski definition) is 1. The van der Waals surface area contributed by atoms with Crippen molar-refractivity contribution < 1.29 is 4.79 Å². The number of rotatable bonds is 4. The molecular weight excluding hydrogens is 392 g/mol. The first-order valence-corrected chi connectivity index (χ1v) is 10.6. The molecule has 0 bridgehead atoms. The van der Waals surface area contributed by atoms with Crippen molar-refractivity contribution >= 4 is 51.1 Å². The second kappa shape index (κ2) is 8.78. The molecule has 0 fully saturated rings. The largest absolute Gasteiger partial charge is 0.323 e. The van der Waals surface area contributed by atoms with Gasteiger partial charge in [-0.1, -0.05) is 103 Å². The van der Waals surface area contributed by atoms with E-state index in [2.05, 4.69) is 53.1 Å². The Morgan fingerprint density at radius 2 is 1.09 bits per heavy atom. The number of carbonyl (C=O) groups excluding carboxylic acids is 1. The van der Waals surface area contributed by atoms with Gasteiger partial charge in [0.2, 0.25) is 0 Å². The first-order valence-electron chi connectivity index (χ1n) is 10.6. The second-order valence-electron chi connectivity index (χ2n) is 7.64. The number of benzene rings is 5. The highest BCUT2D eigenvalue weighted by Gasteiger charge is 2.10. The third kappa shape index (κ3) is 4.23. The number of nitrogens with one attached hydrogen (secondary N) is 2. The zero-order valence-corrected chi connectivity index (χ0v) is 17.5. The lowest BCUT2D eigenvalue weighted by atomic mass is 10.0. The number of amides is 2. The fourth-order valence-corrected chi connectivity index (χ4v) is 3.86. The molecule has 0 atom stereocenters. The summed E-state index contributed by atoms with van der Waals surface area (Å²) in [7, 11) is 0. The van der Waals surface area contributed by atoms with E-state index in [1.807, 2.05) is 78.9 Å². The standard InChI is InChI=1S/C29H22N2O/c32-29(30-25-18-16-22(17-19-25)15-14-21-8-2-1-3-9-21)31-28-26-12-6-4-10-23(26)20-24-11-5-7-13-27(24)28/h1-20H,(H2,30,31,32)/b15-14-. The Morgan fingerprint density at radius 1 is 0.562 bits per heavy atom. The average Bonchev–Trinajstić information content (AvgIpc) is 2.84. The molecule has 0 saturated carbocycles. The fraction of sp³-hybridized carbons (Fsp3) is 0. The van der Waals surface area contributed by atoms with E-state index in [0.29, 0.717) is 0 Å². The van der Waals surface area contributed by atoms with Crippen molar-refractivity contribution in [1.29, 1.82) is 0 Å². The summed E-state index contributed by atoms with van der Waals surface area (Å²) in [6.07, 6.45) is 4.13. The Kier molecular flexibility index (Phi) is 5.38. The van der Waals surface area contributed by atoms with Crippen molar-refractivity contribution in [2.75, 3.05) is 10.6 Å². The van der Waals surface area contributed by atoms with Crippen LogP contribution in [0.25, 0.3) is 33.7 Å². The lowest BCUT2D eigenvalue weighted by molar-refractivity contribution is 0.262. The molecule has 2 amide bonds. The van der Waals surface area contributed by atoms with E-state index in [4.69, 9.17) is 0 Å². The van der Waals surface area contributed by atoms with E-state index in [9.17, 15) is 4.79 Å². The zero-order chi connectivity index (χ0) is 21.8. The van der Waals surface area contributed by atoms with Crippen LogP contribution in [0, 0.1) is 0 Å². The summed E-state index contributed by atoms with van der Waals surface area (Å²) < 4.78 is 0. The van der Waals surface area contributed by atoms with Crippen LogP contribution in [0.5, 0.6) is 0 Å². The summed E-state index contributed by atoms with van der Waals surface area (Å²) >= 11 is 0. The molecule has 3 nitrogen and oxygen atoms in total. The minimum atomic E-state index is -0.265. The molecule has 0 unspecified atom stereocenters. The van der Waals surface area contributed by atoms with Gasteiger partial charge in [0.25, 0.3) is 0 Å². The van der Waals surface area contributed by atoms with E-state index in [0.717, 1.165) is 44.0 Å². The number of carbonyl (C=O) groups is 1. The van der Waals surface area contributed by atoms with Gasteiger partial charge in [-0.25, -0.2) is 4.79 Å². The van der Waals surface area contributed by atoms with Gasteiger partial charge in [-0.3, -0.25) is 0 Å². The van der Waals surface area contributed by atoms with Crippen molar-refractivity contribution in [3.63, 3.8) is 0 Å². The summed E-state index contributed by atoms with van der Waals surface area (Å²) in [5.41, 5.74) is 3.78. The molecule has 0 aliphatic rings. The predicted molar refractivity (Wildman–Crippen MR) is 136 cm³/mol. The molecule has 3 heteroatoms. The minimum Gasteiger partial charge on any atom is -0.308 e. The van der Waals surface area contributed by atoms with Gasteiger partial charge in [-0.2, -0.15) is 0 Å². The number of hydrogen-bond donors (Lipinski definition) is 2. The molecule has 0 heterocycles. The summed E-state index contributed by atoms with van der Waals surface area (Å²) in [5.74, 6) is 0. The average molecular weight is 415 g/mol. The monoisotopic (exact) mass is 414 g/mol. The van der Waals surface area contributed by atoms with Crippen LogP contribution in [0.15, 0.2) is 109 Å². The smallest absolute Gasteiger partial charge is 0.308 e. The molecule has 154 valence electrons. The van der Waals surface area contributed by atoms with Crippen LogP contribution in [0.4, 0.5) is 16.2 Å². The van der Waals surface area contributed by atoms with E-state index in [-0.39, 0.29) is 6.03 Å². The van der Waals surface area contributed by atoms with Gasteiger partial charge >= 0.3 is 6.03 Å². The van der Waals surface area contributed by atoms with Gasteiger partial charge in [0.15, 0.2) is 0 Å². The fourth-order valence-electron chi connectivity index (χ4n) is 3.86. The van der Waals surface area contributed by atoms with Crippen molar-refractivity contribution in [2.24, 2.45) is 0 Å². The zero-order valence-electron chi connectivity index (χ0n) is 17.5. The molecule has 0 aliphatic heterocycles. The van der Waals surface area contributed by atoms with Crippen molar-refractivity contribution in [1.82, 2.24) is 0 Å². The van der Waals surface area contributed by atoms with Gasteiger partial charge in [0, 0.05) is 16.5 Å². The lowest BCUT2D eigenvalue weighted by Crippen LogP contribution is -2.19. The van der Waals surface area contributed by atoms with Crippen molar-refractivity contribution in [2.45, 2.75) is 0 Å². The number of urea groups is 1. The molecule has 0 aromatic heterocycles. The Labute approximate surface area is 187 Å². The highest BCUT2D eigenvalue weighted by Crippen LogP contribution is 2.32. The normalized spacial score (nSPS) is 11.1. The molecule has 0 aliphatic carbocycles. The summed E-state index contributed by atoms with van der Waals surface area (Å²) in [4.78, 5) is 12.8. The molecule has 5 aromatic rings. The van der Waals surface area contributed by atoms with E-state index in [1.165, 1.54) is 0 Å². The molecule has 0 saturated heterocycles. The summed E-state index contributed by atoms with van der Waals surface area (Å²) in [6, 6.07) is 36.0. The molecular formula is C29H22N2O. The number of fused-ring (bicyclic) bond motifs is 2. The maximum atomic E-state index is 12.8. The Bertz CT molecular complexity index is 1370. The Hall–Kier alpha value is -4.37. The predicted octanol–water partition coefficient (Wildman–Crippen LogP) is 7.81. The molecule has 32 heavy (non-hydrogen) atoms. The first kappa shape index (κ1) is 19.6. The van der Waals surface area contributed by atoms with Crippen LogP contribution in [-0.4, -0.2) is 6.03 Å².